The lowest BCUT2D eigenvalue weighted by atomic mass is 9.96. The van der Waals surface area contributed by atoms with E-state index in [9.17, 15) is 4.79 Å². The molecule has 0 aliphatic carbocycles. The van der Waals surface area contributed by atoms with E-state index in [0.717, 1.165) is 18.4 Å². The van der Waals surface area contributed by atoms with Gasteiger partial charge >= 0.3 is 0 Å². The van der Waals surface area contributed by atoms with Crippen LogP contribution in [0.4, 0.5) is 0 Å². The molecule has 5 nitrogen and oxygen atoms in total. The number of hydrogen-bond acceptors (Lipinski definition) is 4. The molecule has 1 amide bonds. The van der Waals surface area contributed by atoms with Crippen molar-refractivity contribution in [2.45, 2.75) is 18.8 Å². The number of aromatic nitrogens is 2. The fourth-order valence-electron chi connectivity index (χ4n) is 3.26. The lowest BCUT2D eigenvalue weighted by molar-refractivity contribution is 0.0704. The number of carbonyl (C=O) groups is 1. The average molecular weight is 437 g/mol. The van der Waals surface area contributed by atoms with Crippen LogP contribution in [-0.4, -0.2) is 34.0 Å². The number of piperidine rings is 1. The molecule has 4 rings (SSSR count). The molecular weight excluding hydrogens is 421 g/mol. The summed E-state index contributed by atoms with van der Waals surface area (Å²) in [6.45, 7) is 1.23. The minimum Gasteiger partial charge on any atom is -0.339 e. The first kappa shape index (κ1) is 19.2. The topological polar surface area (TPSA) is 59.2 Å². The van der Waals surface area contributed by atoms with E-state index in [1.807, 2.05) is 17.0 Å². The van der Waals surface area contributed by atoms with Crippen LogP contribution < -0.4 is 0 Å². The molecule has 1 saturated heterocycles. The third kappa shape index (κ3) is 4.02. The van der Waals surface area contributed by atoms with E-state index in [-0.39, 0.29) is 11.8 Å². The molecule has 3 aromatic rings. The van der Waals surface area contributed by atoms with Gasteiger partial charge < -0.3 is 9.42 Å². The number of halogens is 3. The minimum absolute atomic E-state index is 0.0515. The van der Waals surface area contributed by atoms with E-state index in [1.54, 1.807) is 30.3 Å². The maximum atomic E-state index is 12.7. The molecule has 0 saturated carbocycles. The zero-order valence-corrected chi connectivity index (χ0v) is 17.0. The van der Waals surface area contributed by atoms with Crippen LogP contribution >= 0.6 is 34.8 Å². The van der Waals surface area contributed by atoms with Crippen molar-refractivity contribution in [1.29, 1.82) is 0 Å². The zero-order chi connectivity index (χ0) is 19.7. The Hall–Kier alpha value is -2.08. The van der Waals surface area contributed by atoms with E-state index in [0.29, 0.717) is 45.4 Å². The third-order valence-electron chi connectivity index (χ3n) is 4.84. The van der Waals surface area contributed by atoms with Crippen LogP contribution in [0.3, 0.4) is 0 Å². The molecule has 1 aliphatic rings. The van der Waals surface area contributed by atoms with Crippen molar-refractivity contribution in [2.24, 2.45) is 0 Å². The second kappa shape index (κ2) is 8.11. The maximum Gasteiger partial charge on any atom is 0.253 e. The predicted molar refractivity (Wildman–Crippen MR) is 109 cm³/mol. The van der Waals surface area contributed by atoms with Gasteiger partial charge in [-0.15, -0.1) is 0 Å². The van der Waals surface area contributed by atoms with Crippen LogP contribution in [0.25, 0.3) is 11.4 Å². The normalized spacial score (nSPS) is 15.0. The molecular formula is C20H16Cl3N3O2. The van der Waals surface area contributed by atoms with Gasteiger partial charge in [-0.3, -0.25) is 4.79 Å². The summed E-state index contributed by atoms with van der Waals surface area (Å²) in [7, 11) is 0. The Bertz CT molecular complexity index is 996. The summed E-state index contributed by atoms with van der Waals surface area (Å²) in [4.78, 5) is 19.0. The Morgan fingerprint density at radius 3 is 2.39 bits per heavy atom. The Balaban J connectivity index is 1.41. The van der Waals surface area contributed by atoms with Crippen molar-refractivity contribution in [3.63, 3.8) is 0 Å². The lowest BCUT2D eigenvalue weighted by Crippen LogP contribution is -2.38. The van der Waals surface area contributed by atoms with Crippen molar-refractivity contribution in [3.8, 4) is 11.4 Å². The highest BCUT2D eigenvalue weighted by atomic mass is 35.5. The fourth-order valence-corrected chi connectivity index (χ4v) is 3.68. The Kier molecular flexibility index (Phi) is 5.58. The second-order valence-corrected chi connectivity index (χ2v) is 7.91. The largest absolute Gasteiger partial charge is 0.339 e. The fraction of sp³-hybridized carbons (Fsp3) is 0.250. The molecule has 1 fully saturated rings. The van der Waals surface area contributed by atoms with Crippen LogP contribution in [0.2, 0.25) is 15.1 Å². The average Bonchev–Trinajstić information content (AvgIpc) is 3.20. The number of amides is 1. The van der Waals surface area contributed by atoms with Crippen molar-refractivity contribution in [3.05, 3.63) is 69.0 Å². The quantitative estimate of drug-likeness (QED) is 0.527. The van der Waals surface area contributed by atoms with Crippen LogP contribution in [-0.2, 0) is 0 Å². The summed E-state index contributed by atoms with van der Waals surface area (Å²) >= 11 is 17.9. The molecule has 0 N–H and O–H groups in total. The van der Waals surface area contributed by atoms with Crippen molar-refractivity contribution < 1.29 is 9.32 Å². The zero-order valence-electron chi connectivity index (χ0n) is 14.7. The highest BCUT2D eigenvalue weighted by Crippen LogP contribution is 2.30. The van der Waals surface area contributed by atoms with Gasteiger partial charge in [-0.05, 0) is 55.3 Å². The van der Waals surface area contributed by atoms with Gasteiger partial charge in [0.15, 0.2) is 0 Å². The van der Waals surface area contributed by atoms with Crippen molar-refractivity contribution >= 4 is 40.7 Å². The number of nitrogens with zero attached hydrogens (tertiary/aromatic N) is 3. The maximum absolute atomic E-state index is 12.7. The molecule has 0 unspecified atom stereocenters. The molecule has 28 heavy (non-hydrogen) atoms. The second-order valence-electron chi connectivity index (χ2n) is 6.66. The summed E-state index contributed by atoms with van der Waals surface area (Å²) < 4.78 is 5.47. The van der Waals surface area contributed by atoms with E-state index >= 15 is 0 Å². The predicted octanol–water partition coefficient (Wildman–Crippen LogP) is 5.72. The Labute approximate surface area is 177 Å². The van der Waals surface area contributed by atoms with E-state index < -0.39 is 0 Å². The van der Waals surface area contributed by atoms with Crippen LogP contribution in [0.15, 0.2) is 47.0 Å². The molecule has 1 aromatic heterocycles. The summed E-state index contributed by atoms with van der Waals surface area (Å²) in [5.74, 6) is 1.23. The lowest BCUT2D eigenvalue weighted by Gasteiger charge is -2.30. The molecule has 0 radical (unpaired) electrons. The van der Waals surface area contributed by atoms with Crippen LogP contribution in [0.1, 0.15) is 35.0 Å². The molecule has 144 valence electrons. The summed E-state index contributed by atoms with van der Waals surface area (Å²) in [5, 5.41) is 5.55. The molecule has 1 aliphatic heterocycles. The number of rotatable bonds is 3. The number of likely N-dealkylation sites (tertiary alicyclic amines) is 1. The van der Waals surface area contributed by atoms with E-state index in [2.05, 4.69) is 10.1 Å². The highest BCUT2D eigenvalue weighted by Gasteiger charge is 2.28. The first-order valence-corrected chi connectivity index (χ1v) is 9.98. The summed E-state index contributed by atoms with van der Waals surface area (Å²) in [6.07, 6.45) is 1.52. The highest BCUT2D eigenvalue weighted by molar-refractivity contribution is 6.42. The van der Waals surface area contributed by atoms with Gasteiger partial charge in [-0.2, -0.15) is 4.98 Å². The van der Waals surface area contributed by atoms with Gasteiger partial charge in [0.2, 0.25) is 11.7 Å². The van der Waals surface area contributed by atoms with Crippen LogP contribution in [0, 0.1) is 0 Å². The molecule has 2 aromatic carbocycles. The SMILES string of the molecule is O=C(c1ccc(Cl)c(Cl)c1)N1CCC(c2nc(-c3ccc(Cl)cc3)no2)CC1. The minimum atomic E-state index is -0.0515. The third-order valence-corrected chi connectivity index (χ3v) is 5.83. The van der Waals surface area contributed by atoms with Gasteiger partial charge in [-0.25, -0.2) is 0 Å². The van der Waals surface area contributed by atoms with Gasteiger partial charge in [-0.1, -0.05) is 40.0 Å². The first-order chi connectivity index (χ1) is 13.5. The number of carbonyl (C=O) groups excluding carboxylic acids is 1. The molecule has 0 bridgehead atoms. The standard InChI is InChI=1S/C20H16Cl3N3O2/c21-15-4-1-12(2-5-15)18-24-19(28-25-18)13-7-9-26(10-8-13)20(27)14-3-6-16(22)17(23)11-14/h1-6,11,13H,7-10H2. The van der Waals surface area contributed by atoms with Gasteiger partial charge in [0.05, 0.1) is 10.0 Å². The molecule has 0 spiro atoms. The number of benzene rings is 2. The van der Waals surface area contributed by atoms with Gasteiger partial charge in [0.25, 0.3) is 5.91 Å². The molecule has 8 heteroatoms. The monoisotopic (exact) mass is 435 g/mol. The Morgan fingerprint density at radius 2 is 1.71 bits per heavy atom. The van der Waals surface area contributed by atoms with Crippen LogP contribution in [0.5, 0.6) is 0 Å². The van der Waals surface area contributed by atoms with E-state index in [4.69, 9.17) is 39.3 Å². The summed E-state index contributed by atoms with van der Waals surface area (Å²) in [5.41, 5.74) is 1.39. The van der Waals surface area contributed by atoms with Crippen molar-refractivity contribution in [1.82, 2.24) is 15.0 Å². The van der Waals surface area contributed by atoms with Gasteiger partial charge in [0, 0.05) is 35.2 Å². The van der Waals surface area contributed by atoms with Crippen molar-refractivity contribution in [2.75, 3.05) is 13.1 Å². The number of hydrogen-bond donors (Lipinski definition) is 0. The van der Waals surface area contributed by atoms with E-state index in [1.165, 1.54) is 0 Å². The van der Waals surface area contributed by atoms with Gasteiger partial charge in [0.1, 0.15) is 0 Å². The summed E-state index contributed by atoms with van der Waals surface area (Å²) in [6, 6.07) is 12.2. The molecule has 2 heterocycles. The smallest absolute Gasteiger partial charge is 0.253 e. The molecule has 0 atom stereocenters. The first-order valence-electron chi connectivity index (χ1n) is 8.85. The Morgan fingerprint density at radius 1 is 1.00 bits per heavy atom.